The third-order valence-corrected chi connectivity index (χ3v) is 3.54. The molecule has 0 aliphatic heterocycles. The van der Waals surface area contributed by atoms with Crippen molar-refractivity contribution in [3.05, 3.63) is 36.0 Å². The number of aromatic nitrogens is 5. The van der Waals surface area contributed by atoms with Crippen molar-refractivity contribution >= 4 is 17.2 Å². The number of fused-ring (bicyclic) bond motifs is 1. The predicted octanol–water partition coefficient (Wildman–Crippen LogP) is 3.94. The van der Waals surface area contributed by atoms with E-state index in [4.69, 9.17) is 11.6 Å². The van der Waals surface area contributed by atoms with E-state index >= 15 is 0 Å². The summed E-state index contributed by atoms with van der Waals surface area (Å²) in [7, 11) is 0. The molecule has 13 heteroatoms. The Labute approximate surface area is 151 Å². The Balaban J connectivity index is 1.96. The zero-order valence-electron chi connectivity index (χ0n) is 13.2. The van der Waals surface area contributed by atoms with Crippen molar-refractivity contribution in [2.75, 3.05) is 0 Å². The molecule has 0 N–H and O–H groups in total. The van der Waals surface area contributed by atoms with Gasteiger partial charge in [0.05, 0.1) is 5.69 Å². The van der Waals surface area contributed by atoms with Crippen LogP contribution in [0, 0.1) is 5.82 Å². The first kappa shape index (κ1) is 19.1. The van der Waals surface area contributed by atoms with Crippen LogP contribution in [0.25, 0.3) is 16.9 Å². The van der Waals surface area contributed by atoms with E-state index in [1.807, 2.05) is 0 Å². The van der Waals surface area contributed by atoms with Crippen molar-refractivity contribution in [3.8, 4) is 17.1 Å². The van der Waals surface area contributed by atoms with Crippen LogP contribution in [-0.2, 0) is 5.38 Å². The number of alkyl halides is 6. The van der Waals surface area contributed by atoms with Crippen molar-refractivity contribution in [1.29, 1.82) is 0 Å². The Morgan fingerprint density at radius 1 is 1.15 bits per heavy atom. The van der Waals surface area contributed by atoms with Crippen molar-refractivity contribution < 1.29 is 31.1 Å². The Morgan fingerprint density at radius 3 is 2.44 bits per heavy atom. The van der Waals surface area contributed by atoms with E-state index in [0.717, 1.165) is 12.3 Å². The van der Waals surface area contributed by atoms with Crippen molar-refractivity contribution in [3.63, 3.8) is 0 Å². The normalized spacial score (nSPS) is 13.8. The summed E-state index contributed by atoms with van der Waals surface area (Å²) in [6.45, 7) is 0.699. The Morgan fingerprint density at radius 2 is 1.85 bits per heavy atom. The molecule has 0 amide bonds. The molecule has 0 bridgehead atoms. The summed E-state index contributed by atoms with van der Waals surface area (Å²) in [5.74, 6) is -2.99. The average Bonchev–Trinajstić information content (AvgIpc) is 2.99. The first-order valence-corrected chi connectivity index (χ1v) is 7.53. The van der Waals surface area contributed by atoms with Gasteiger partial charge in [-0.1, -0.05) is 0 Å². The molecule has 3 heterocycles. The quantitative estimate of drug-likeness (QED) is 0.480. The zero-order chi connectivity index (χ0) is 20.0. The van der Waals surface area contributed by atoms with Crippen molar-refractivity contribution in [2.24, 2.45) is 0 Å². The van der Waals surface area contributed by atoms with E-state index in [1.54, 1.807) is 0 Å². The fourth-order valence-electron chi connectivity index (χ4n) is 2.01. The van der Waals surface area contributed by atoms with E-state index in [2.05, 4.69) is 25.0 Å². The summed E-state index contributed by atoms with van der Waals surface area (Å²) in [5.41, 5.74) is -0.0632. The highest BCUT2D eigenvalue weighted by Crippen LogP contribution is 2.31. The molecule has 0 radical (unpaired) electrons. The van der Waals surface area contributed by atoms with E-state index in [-0.39, 0.29) is 16.9 Å². The van der Waals surface area contributed by atoms with Gasteiger partial charge in [-0.3, -0.25) is 0 Å². The van der Waals surface area contributed by atoms with Gasteiger partial charge in [0.1, 0.15) is 0 Å². The highest BCUT2D eigenvalue weighted by molar-refractivity contribution is 6.21. The number of nitrogens with zero attached hydrogens (tertiary/aromatic N) is 5. The minimum atomic E-state index is -4.70. The van der Waals surface area contributed by atoms with Crippen LogP contribution < -0.4 is 4.74 Å². The molecule has 0 saturated heterocycles. The molecule has 6 nitrogen and oxygen atoms in total. The van der Waals surface area contributed by atoms with Gasteiger partial charge in [0.25, 0.3) is 5.88 Å². The Bertz CT molecular complexity index is 986. The minimum Gasteiger partial charge on any atom is -0.463 e. The third-order valence-electron chi connectivity index (χ3n) is 3.37. The van der Waals surface area contributed by atoms with E-state index in [9.17, 15) is 26.3 Å². The summed E-state index contributed by atoms with van der Waals surface area (Å²) in [4.78, 5) is 3.50. The largest absolute Gasteiger partial charge is 0.463 e. The molecule has 3 aromatic heterocycles. The second kappa shape index (κ2) is 6.51. The van der Waals surface area contributed by atoms with Gasteiger partial charge in [-0.25, -0.2) is 9.37 Å². The topological polar surface area (TPSA) is 65.2 Å². The minimum absolute atomic E-state index is 0.000972. The maximum absolute atomic E-state index is 14.1. The van der Waals surface area contributed by atoms with Gasteiger partial charge in [0.15, 0.2) is 17.6 Å². The second-order valence-corrected chi connectivity index (χ2v) is 5.80. The van der Waals surface area contributed by atoms with Crippen LogP contribution in [0.15, 0.2) is 24.4 Å². The van der Waals surface area contributed by atoms with Crippen LogP contribution in [0.4, 0.5) is 26.3 Å². The first-order chi connectivity index (χ1) is 12.5. The van der Waals surface area contributed by atoms with Gasteiger partial charge >= 0.3 is 11.6 Å². The van der Waals surface area contributed by atoms with Gasteiger partial charge in [-0.05, 0) is 36.7 Å². The maximum Gasteiger partial charge on any atom is 0.425 e. The van der Waals surface area contributed by atoms with Gasteiger partial charge < -0.3 is 4.74 Å². The molecule has 27 heavy (non-hydrogen) atoms. The lowest BCUT2D eigenvalue weighted by molar-refractivity contribution is -0.190. The van der Waals surface area contributed by atoms with Crippen LogP contribution >= 0.6 is 11.6 Å². The molecule has 144 valence electrons. The summed E-state index contributed by atoms with van der Waals surface area (Å²) in [6.07, 6.45) is -5.99. The molecule has 0 fully saturated rings. The number of hydrogen-bond acceptors (Lipinski definition) is 5. The Kier molecular flexibility index (Phi) is 4.62. The molecule has 0 aromatic carbocycles. The molecule has 3 aromatic rings. The number of hydrogen-bond donors (Lipinski definition) is 0. The average molecular weight is 412 g/mol. The Hall–Kier alpha value is -2.63. The maximum atomic E-state index is 14.1. The fraction of sp³-hybridized carbons (Fsp3) is 0.286. The van der Waals surface area contributed by atoms with Crippen LogP contribution in [0.5, 0.6) is 5.88 Å². The molecule has 1 atom stereocenters. The number of rotatable bonds is 4. The number of ether oxygens (including phenoxy) is 1. The van der Waals surface area contributed by atoms with Gasteiger partial charge in [0, 0.05) is 11.8 Å². The molecule has 0 aliphatic carbocycles. The predicted molar refractivity (Wildman–Crippen MR) is 79.9 cm³/mol. The second-order valence-electron chi connectivity index (χ2n) is 5.32. The van der Waals surface area contributed by atoms with Crippen molar-refractivity contribution in [2.45, 2.75) is 24.6 Å². The van der Waals surface area contributed by atoms with Crippen LogP contribution in [-0.4, -0.2) is 37.1 Å². The van der Waals surface area contributed by atoms with Gasteiger partial charge in [-0.2, -0.15) is 31.6 Å². The van der Waals surface area contributed by atoms with E-state index in [0.29, 0.717) is 11.4 Å². The number of halogens is 7. The summed E-state index contributed by atoms with van der Waals surface area (Å²) < 4.78 is 83.3. The van der Waals surface area contributed by atoms with Crippen LogP contribution in [0.3, 0.4) is 0 Å². The summed E-state index contributed by atoms with van der Waals surface area (Å²) >= 11 is 4.93. The molecule has 3 rings (SSSR count). The SMILES string of the molecule is CC(Oc1ncc(-c2ccc3nnc(C(F)(F)Cl)n3n2)cc1F)C(F)(F)F. The van der Waals surface area contributed by atoms with Crippen molar-refractivity contribution in [1.82, 2.24) is 24.8 Å². The van der Waals surface area contributed by atoms with Crippen LogP contribution in [0.1, 0.15) is 12.7 Å². The number of pyridine rings is 1. The zero-order valence-corrected chi connectivity index (χ0v) is 13.9. The monoisotopic (exact) mass is 411 g/mol. The van der Waals surface area contributed by atoms with Gasteiger partial charge in [-0.15, -0.1) is 10.2 Å². The molecular formula is C14H8ClF6N5O. The molecule has 1 unspecified atom stereocenters. The van der Waals surface area contributed by atoms with E-state index < -0.39 is 35.2 Å². The van der Waals surface area contributed by atoms with Crippen LogP contribution in [0.2, 0.25) is 0 Å². The highest BCUT2D eigenvalue weighted by Gasteiger charge is 2.39. The molecule has 0 saturated carbocycles. The smallest absolute Gasteiger partial charge is 0.425 e. The van der Waals surface area contributed by atoms with E-state index in [1.165, 1.54) is 12.1 Å². The molecular weight excluding hydrogens is 404 g/mol. The molecule has 0 aliphatic rings. The summed E-state index contributed by atoms with van der Waals surface area (Å²) in [6, 6.07) is 3.40. The molecule has 0 spiro atoms. The lowest BCUT2D eigenvalue weighted by atomic mass is 10.2. The summed E-state index contributed by atoms with van der Waals surface area (Å²) in [5, 5.41) is 6.71. The van der Waals surface area contributed by atoms with Gasteiger partial charge in [0.2, 0.25) is 5.82 Å². The lowest BCUT2D eigenvalue weighted by Gasteiger charge is -2.17. The first-order valence-electron chi connectivity index (χ1n) is 7.16. The fourth-order valence-corrected chi connectivity index (χ4v) is 2.12. The standard InChI is InChI=1S/C14H8ClF6N5O/c1-6(14(19,20)21)27-11-8(16)4-7(5-22-11)9-2-3-10-23-24-12(13(15,17)18)26(10)25-9/h2-6H,1H3. The highest BCUT2D eigenvalue weighted by atomic mass is 35.5. The lowest BCUT2D eigenvalue weighted by Crippen LogP contribution is -2.31. The third kappa shape index (κ3) is 3.89.